The third-order valence-corrected chi connectivity index (χ3v) is 4.83. The van der Waals surface area contributed by atoms with Gasteiger partial charge in [0.1, 0.15) is 0 Å². The Morgan fingerprint density at radius 1 is 1.29 bits per heavy atom. The molecular weight excluding hydrogens is 260 g/mol. The second-order valence-corrected chi connectivity index (χ2v) is 6.15. The van der Waals surface area contributed by atoms with Crippen LogP contribution >= 0.6 is 11.6 Å². The van der Waals surface area contributed by atoms with Crippen molar-refractivity contribution < 1.29 is 8.42 Å². The van der Waals surface area contributed by atoms with Crippen LogP contribution < -0.4 is 5.73 Å². The van der Waals surface area contributed by atoms with E-state index in [9.17, 15) is 8.42 Å². The Kier molecular flexibility index (Phi) is 3.42. The first-order valence-electron chi connectivity index (χ1n) is 5.22. The number of anilines is 1. The van der Waals surface area contributed by atoms with Gasteiger partial charge in [-0.05, 0) is 24.6 Å². The maximum Gasteiger partial charge on any atom is 0.243 e. The van der Waals surface area contributed by atoms with Gasteiger partial charge in [0, 0.05) is 13.1 Å². The highest BCUT2D eigenvalue weighted by Gasteiger charge is 2.24. The molecule has 0 bridgehead atoms. The molecule has 1 aliphatic rings. The lowest BCUT2D eigenvalue weighted by Gasteiger charge is -2.22. The fourth-order valence-electron chi connectivity index (χ4n) is 1.67. The van der Waals surface area contributed by atoms with Crippen LogP contribution in [0.15, 0.2) is 35.2 Å². The van der Waals surface area contributed by atoms with Crippen LogP contribution in [0.3, 0.4) is 0 Å². The number of benzene rings is 1. The molecule has 92 valence electrons. The molecule has 0 amide bonds. The molecule has 0 aliphatic carbocycles. The fourth-order valence-corrected chi connectivity index (χ4v) is 3.23. The van der Waals surface area contributed by atoms with E-state index in [2.05, 4.69) is 0 Å². The van der Waals surface area contributed by atoms with Crippen LogP contribution in [0.5, 0.6) is 0 Å². The van der Waals surface area contributed by atoms with Crippen LogP contribution in [0.1, 0.15) is 6.42 Å². The van der Waals surface area contributed by atoms with Gasteiger partial charge < -0.3 is 5.73 Å². The minimum atomic E-state index is -3.46. The van der Waals surface area contributed by atoms with Gasteiger partial charge in [-0.2, -0.15) is 4.31 Å². The number of hydrogen-bond donors (Lipinski definition) is 1. The smallest absolute Gasteiger partial charge is 0.243 e. The van der Waals surface area contributed by atoms with Crippen molar-refractivity contribution in [3.8, 4) is 0 Å². The third-order valence-electron chi connectivity index (χ3n) is 2.63. The van der Waals surface area contributed by atoms with E-state index in [0.29, 0.717) is 18.1 Å². The Morgan fingerprint density at radius 2 is 2.06 bits per heavy atom. The van der Waals surface area contributed by atoms with Gasteiger partial charge in [-0.3, -0.25) is 0 Å². The van der Waals surface area contributed by atoms with Crippen molar-refractivity contribution >= 4 is 27.3 Å². The summed E-state index contributed by atoms with van der Waals surface area (Å²) in [7, 11) is -3.46. The van der Waals surface area contributed by atoms with Crippen molar-refractivity contribution in [3.05, 3.63) is 35.4 Å². The van der Waals surface area contributed by atoms with Gasteiger partial charge in [-0.15, -0.1) is 0 Å². The molecule has 6 heteroatoms. The first-order chi connectivity index (χ1) is 8.01. The van der Waals surface area contributed by atoms with Crippen LogP contribution in [0.4, 0.5) is 5.69 Å². The summed E-state index contributed by atoms with van der Waals surface area (Å²) < 4.78 is 25.9. The van der Waals surface area contributed by atoms with Gasteiger partial charge in [0.15, 0.2) is 0 Å². The minimum Gasteiger partial charge on any atom is -0.397 e. The van der Waals surface area contributed by atoms with Crippen molar-refractivity contribution in [2.45, 2.75) is 11.3 Å². The molecule has 4 nitrogen and oxygen atoms in total. The molecule has 0 unspecified atom stereocenters. The minimum absolute atomic E-state index is 0.190. The highest BCUT2D eigenvalue weighted by Crippen LogP contribution is 2.25. The van der Waals surface area contributed by atoms with E-state index in [0.717, 1.165) is 6.42 Å². The summed E-state index contributed by atoms with van der Waals surface area (Å²) in [5.41, 5.74) is 5.90. The highest BCUT2D eigenvalue weighted by molar-refractivity contribution is 7.89. The molecule has 0 fully saturated rings. The number of nitrogen functional groups attached to an aromatic ring is 1. The second kappa shape index (κ2) is 4.68. The maximum atomic E-state index is 12.2. The largest absolute Gasteiger partial charge is 0.397 e. The summed E-state index contributed by atoms with van der Waals surface area (Å²) in [6.07, 6.45) is 4.56. The van der Waals surface area contributed by atoms with Crippen LogP contribution in [-0.4, -0.2) is 25.8 Å². The third kappa shape index (κ3) is 2.46. The summed E-state index contributed by atoms with van der Waals surface area (Å²) in [5, 5.41) is 0.363. The molecule has 0 saturated carbocycles. The SMILES string of the molecule is Nc1cc(S(=O)(=O)N2CC=CCC2)ccc1Cl. The zero-order chi connectivity index (χ0) is 12.5. The first kappa shape index (κ1) is 12.4. The van der Waals surface area contributed by atoms with Crippen LogP contribution in [0, 0.1) is 0 Å². The molecule has 0 saturated heterocycles. The topological polar surface area (TPSA) is 63.4 Å². The van der Waals surface area contributed by atoms with Crippen molar-refractivity contribution in [3.63, 3.8) is 0 Å². The van der Waals surface area contributed by atoms with Gasteiger partial charge in [0.05, 0.1) is 15.6 Å². The fraction of sp³-hybridized carbons (Fsp3) is 0.273. The summed E-state index contributed by atoms with van der Waals surface area (Å²) >= 11 is 5.77. The standard InChI is InChI=1S/C11H13ClN2O2S/c12-10-5-4-9(8-11(10)13)17(15,16)14-6-2-1-3-7-14/h1-2,4-5,8H,3,6-7,13H2. The normalized spacial score (nSPS) is 17.2. The molecule has 0 atom stereocenters. The predicted octanol–water partition coefficient (Wildman–Crippen LogP) is 1.87. The summed E-state index contributed by atoms with van der Waals surface area (Å²) in [4.78, 5) is 0.190. The van der Waals surface area contributed by atoms with E-state index >= 15 is 0 Å². The average Bonchev–Trinajstić information content (AvgIpc) is 2.33. The predicted molar refractivity (Wildman–Crippen MR) is 68.4 cm³/mol. The number of rotatable bonds is 2. The van der Waals surface area contributed by atoms with Gasteiger partial charge >= 0.3 is 0 Å². The van der Waals surface area contributed by atoms with Crippen molar-refractivity contribution in [2.24, 2.45) is 0 Å². The Hall–Kier alpha value is -1.04. The number of hydrogen-bond acceptors (Lipinski definition) is 3. The van der Waals surface area contributed by atoms with Crippen molar-refractivity contribution in [1.29, 1.82) is 0 Å². The monoisotopic (exact) mass is 272 g/mol. The molecule has 1 aromatic rings. The number of sulfonamides is 1. The summed E-state index contributed by atoms with van der Waals surface area (Å²) in [6.45, 7) is 0.909. The molecule has 1 aromatic carbocycles. The second-order valence-electron chi connectivity index (χ2n) is 3.81. The molecule has 17 heavy (non-hydrogen) atoms. The molecule has 2 N–H and O–H groups in total. The Bertz CT molecular complexity index is 555. The lowest BCUT2D eigenvalue weighted by atomic mass is 10.3. The van der Waals surface area contributed by atoms with E-state index in [-0.39, 0.29) is 10.6 Å². The molecule has 0 aromatic heterocycles. The van der Waals surface area contributed by atoms with E-state index in [4.69, 9.17) is 17.3 Å². The quantitative estimate of drug-likeness (QED) is 0.660. The summed E-state index contributed by atoms with van der Waals surface area (Å²) in [6, 6.07) is 4.38. The van der Waals surface area contributed by atoms with E-state index in [1.807, 2.05) is 12.2 Å². The highest BCUT2D eigenvalue weighted by atomic mass is 35.5. The van der Waals surface area contributed by atoms with Crippen LogP contribution in [0.25, 0.3) is 0 Å². The molecule has 1 aliphatic heterocycles. The lowest BCUT2D eigenvalue weighted by Crippen LogP contribution is -2.33. The van der Waals surface area contributed by atoms with Gasteiger partial charge in [-0.1, -0.05) is 23.8 Å². The Labute approximate surface area is 106 Å². The van der Waals surface area contributed by atoms with E-state index in [1.165, 1.54) is 22.5 Å². The lowest BCUT2D eigenvalue weighted by molar-refractivity contribution is 0.437. The molecule has 0 spiro atoms. The Morgan fingerprint density at radius 3 is 2.65 bits per heavy atom. The molecule has 1 heterocycles. The number of nitrogens with zero attached hydrogens (tertiary/aromatic N) is 1. The van der Waals surface area contributed by atoms with E-state index in [1.54, 1.807) is 0 Å². The van der Waals surface area contributed by atoms with Crippen LogP contribution in [0.2, 0.25) is 5.02 Å². The zero-order valence-corrected chi connectivity index (χ0v) is 10.7. The zero-order valence-electron chi connectivity index (χ0n) is 9.14. The van der Waals surface area contributed by atoms with Gasteiger partial charge in [0.2, 0.25) is 10.0 Å². The molecule has 2 rings (SSSR count). The first-order valence-corrected chi connectivity index (χ1v) is 7.04. The van der Waals surface area contributed by atoms with E-state index < -0.39 is 10.0 Å². The van der Waals surface area contributed by atoms with Gasteiger partial charge in [0.25, 0.3) is 0 Å². The molecular formula is C11H13ClN2O2S. The van der Waals surface area contributed by atoms with Gasteiger partial charge in [-0.25, -0.2) is 8.42 Å². The molecule has 0 radical (unpaired) electrons. The van der Waals surface area contributed by atoms with Crippen molar-refractivity contribution in [2.75, 3.05) is 18.8 Å². The number of halogens is 1. The summed E-state index contributed by atoms with van der Waals surface area (Å²) in [5.74, 6) is 0. The Balaban J connectivity index is 2.37. The van der Waals surface area contributed by atoms with Crippen molar-refractivity contribution in [1.82, 2.24) is 4.31 Å². The number of nitrogens with two attached hydrogens (primary N) is 1. The van der Waals surface area contributed by atoms with Crippen LogP contribution in [-0.2, 0) is 10.0 Å². The maximum absolute atomic E-state index is 12.2. The average molecular weight is 273 g/mol.